The largest absolute Gasteiger partial charge is 0.319 e. The van der Waals surface area contributed by atoms with Crippen molar-refractivity contribution in [2.24, 2.45) is 12.8 Å². The molecule has 5 nitrogen and oxygen atoms in total. The van der Waals surface area contributed by atoms with Gasteiger partial charge in [0.1, 0.15) is 0 Å². The number of aromatic nitrogens is 4. The Labute approximate surface area is 118 Å². The second-order valence-electron chi connectivity index (χ2n) is 4.25. The summed E-state index contributed by atoms with van der Waals surface area (Å²) in [5.74, 6) is 0. The summed E-state index contributed by atoms with van der Waals surface area (Å²) in [6.07, 6.45) is 5.10. The summed E-state index contributed by atoms with van der Waals surface area (Å²) in [7, 11) is 1.87. The minimum absolute atomic E-state index is 0.303. The normalized spacial score (nSPS) is 12.8. The third kappa shape index (κ3) is 2.02. The SMILES string of the molecule is Cn1ncc(Br)c1C(N)c1cccc2nccnc12. The van der Waals surface area contributed by atoms with Gasteiger partial charge in [0, 0.05) is 25.0 Å². The molecule has 1 unspecified atom stereocenters. The summed E-state index contributed by atoms with van der Waals surface area (Å²) in [6, 6.07) is 5.54. The van der Waals surface area contributed by atoms with Crippen LogP contribution in [0.15, 0.2) is 41.3 Å². The Balaban J connectivity index is 2.20. The Morgan fingerprint density at radius 3 is 2.79 bits per heavy atom. The molecule has 2 N–H and O–H groups in total. The van der Waals surface area contributed by atoms with E-state index in [0.29, 0.717) is 0 Å². The minimum atomic E-state index is -0.303. The highest BCUT2D eigenvalue weighted by Gasteiger charge is 2.19. The number of para-hydroxylation sites is 1. The summed E-state index contributed by atoms with van der Waals surface area (Å²) < 4.78 is 2.66. The van der Waals surface area contributed by atoms with Gasteiger partial charge in [-0.25, -0.2) is 0 Å². The zero-order valence-corrected chi connectivity index (χ0v) is 11.9. The molecule has 1 aromatic carbocycles. The zero-order valence-electron chi connectivity index (χ0n) is 10.3. The van der Waals surface area contributed by atoms with Crippen LogP contribution in [0.4, 0.5) is 0 Å². The van der Waals surface area contributed by atoms with Crippen molar-refractivity contribution in [3.8, 4) is 0 Å². The highest BCUT2D eigenvalue weighted by Crippen LogP contribution is 2.29. The van der Waals surface area contributed by atoms with Gasteiger partial charge in [-0.1, -0.05) is 12.1 Å². The summed E-state index contributed by atoms with van der Waals surface area (Å²) in [4.78, 5) is 8.68. The minimum Gasteiger partial charge on any atom is -0.319 e. The molecule has 96 valence electrons. The molecule has 0 saturated carbocycles. The molecule has 0 aliphatic carbocycles. The molecule has 19 heavy (non-hydrogen) atoms. The first-order valence-electron chi connectivity index (χ1n) is 5.81. The van der Waals surface area contributed by atoms with Crippen molar-refractivity contribution in [2.45, 2.75) is 6.04 Å². The second-order valence-corrected chi connectivity index (χ2v) is 5.10. The summed E-state index contributed by atoms with van der Waals surface area (Å²) >= 11 is 3.48. The van der Waals surface area contributed by atoms with E-state index in [0.717, 1.165) is 26.8 Å². The van der Waals surface area contributed by atoms with E-state index in [1.54, 1.807) is 23.3 Å². The fourth-order valence-electron chi connectivity index (χ4n) is 2.18. The molecule has 3 aromatic rings. The first-order valence-corrected chi connectivity index (χ1v) is 6.60. The summed E-state index contributed by atoms with van der Waals surface area (Å²) in [5, 5.41) is 4.20. The first kappa shape index (κ1) is 12.3. The van der Waals surface area contributed by atoms with Crippen LogP contribution in [0.3, 0.4) is 0 Å². The number of nitrogens with zero attached hydrogens (tertiary/aromatic N) is 4. The molecule has 2 aromatic heterocycles. The molecule has 3 rings (SSSR count). The maximum absolute atomic E-state index is 6.37. The standard InChI is InChI=1S/C13H12BrN5/c1-19-13(9(14)7-18-19)11(15)8-3-2-4-10-12(8)17-6-5-16-10/h2-7,11H,15H2,1H3. The topological polar surface area (TPSA) is 69.6 Å². The van der Waals surface area contributed by atoms with Gasteiger partial charge in [-0.2, -0.15) is 5.10 Å². The van der Waals surface area contributed by atoms with Crippen molar-refractivity contribution in [1.82, 2.24) is 19.7 Å². The number of fused-ring (bicyclic) bond motifs is 1. The van der Waals surface area contributed by atoms with E-state index in [4.69, 9.17) is 5.73 Å². The van der Waals surface area contributed by atoms with Crippen molar-refractivity contribution in [3.05, 3.63) is 52.5 Å². The molecular weight excluding hydrogens is 306 g/mol. The van der Waals surface area contributed by atoms with Gasteiger partial charge >= 0.3 is 0 Å². The molecule has 0 bridgehead atoms. The summed E-state index contributed by atoms with van der Waals surface area (Å²) in [5.41, 5.74) is 9.89. The monoisotopic (exact) mass is 317 g/mol. The van der Waals surface area contributed by atoms with Crippen molar-refractivity contribution < 1.29 is 0 Å². The molecule has 2 heterocycles. The molecule has 0 amide bonds. The van der Waals surface area contributed by atoms with Crippen LogP contribution >= 0.6 is 15.9 Å². The van der Waals surface area contributed by atoms with Crippen LogP contribution in [-0.4, -0.2) is 19.7 Å². The molecule has 0 fully saturated rings. The van der Waals surface area contributed by atoms with Gasteiger partial charge in [0.15, 0.2) is 0 Å². The fraction of sp³-hybridized carbons (Fsp3) is 0.154. The highest BCUT2D eigenvalue weighted by molar-refractivity contribution is 9.10. The number of halogens is 1. The molecule has 1 atom stereocenters. The maximum atomic E-state index is 6.37. The number of aryl methyl sites for hydroxylation is 1. The third-order valence-corrected chi connectivity index (χ3v) is 3.71. The summed E-state index contributed by atoms with van der Waals surface area (Å²) in [6.45, 7) is 0. The van der Waals surface area contributed by atoms with Gasteiger partial charge in [0.2, 0.25) is 0 Å². The van der Waals surface area contributed by atoms with Crippen LogP contribution in [0.2, 0.25) is 0 Å². The van der Waals surface area contributed by atoms with Crippen LogP contribution in [-0.2, 0) is 7.05 Å². The van der Waals surface area contributed by atoms with Crippen molar-refractivity contribution in [1.29, 1.82) is 0 Å². The molecule has 0 aliphatic heterocycles. The Bertz CT molecular complexity index is 712. The predicted octanol–water partition coefficient (Wildman–Crippen LogP) is 2.17. The van der Waals surface area contributed by atoms with Crippen molar-refractivity contribution in [3.63, 3.8) is 0 Å². The van der Waals surface area contributed by atoms with Gasteiger partial charge in [0.25, 0.3) is 0 Å². The van der Waals surface area contributed by atoms with Crippen molar-refractivity contribution in [2.75, 3.05) is 0 Å². The highest BCUT2D eigenvalue weighted by atomic mass is 79.9. The van der Waals surface area contributed by atoms with Gasteiger partial charge < -0.3 is 5.73 Å². The number of rotatable bonds is 2. The van der Waals surface area contributed by atoms with Gasteiger partial charge in [-0.05, 0) is 22.0 Å². The van der Waals surface area contributed by atoms with E-state index in [2.05, 4.69) is 31.0 Å². The number of hydrogen-bond donors (Lipinski definition) is 1. The third-order valence-electron chi connectivity index (χ3n) is 3.10. The van der Waals surface area contributed by atoms with Crippen molar-refractivity contribution >= 4 is 27.0 Å². The first-order chi connectivity index (χ1) is 9.18. The zero-order chi connectivity index (χ0) is 13.4. The van der Waals surface area contributed by atoms with E-state index in [-0.39, 0.29) is 6.04 Å². The smallest absolute Gasteiger partial charge is 0.0938 e. The lowest BCUT2D eigenvalue weighted by molar-refractivity contribution is 0.673. The molecule has 0 aliphatic rings. The fourth-order valence-corrected chi connectivity index (χ4v) is 2.78. The Morgan fingerprint density at radius 2 is 2.05 bits per heavy atom. The van der Waals surface area contributed by atoms with Gasteiger partial charge in [0.05, 0.1) is 33.4 Å². The lowest BCUT2D eigenvalue weighted by Crippen LogP contribution is -2.17. The molecule has 0 saturated heterocycles. The maximum Gasteiger partial charge on any atom is 0.0938 e. The number of hydrogen-bond acceptors (Lipinski definition) is 4. The lowest BCUT2D eigenvalue weighted by atomic mass is 10.0. The number of nitrogens with two attached hydrogens (primary N) is 1. The van der Waals surface area contributed by atoms with Crippen LogP contribution in [0.1, 0.15) is 17.3 Å². The van der Waals surface area contributed by atoms with E-state index in [1.807, 2.05) is 25.2 Å². The predicted molar refractivity (Wildman–Crippen MR) is 76.5 cm³/mol. The Morgan fingerprint density at radius 1 is 1.26 bits per heavy atom. The molecular formula is C13H12BrN5. The number of benzene rings is 1. The van der Waals surface area contributed by atoms with E-state index in [9.17, 15) is 0 Å². The van der Waals surface area contributed by atoms with Crippen LogP contribution in [0.5, 0.6) is 0 Å². The Hall–Kier alpha value is -1.79. The average Bonchev–Trinajstić information content (AvgIpc) is 2.77. The van der Waals surface area contributed by atoms with E-state index >= 15 is 0 Å². The van der Waals surface area contributed by atoms with Gasteiger partial charge in [-0.15, -0.1) is 0 Å². The average molecular weight is 318 g/mol. The van der Waals surface area contributed by atoms with Gasteiger partial charge in [-0.3, -0.25) is 14.6 Å². The molecule has 0 spiro atoms. The van der Waals surface area contributed by atoms with Crippen LogP contribution in [0, 0.1) is 0 Å². The van der Waals surface area contributed by atoms with E-state index < -0.39 is 0 Å². The molecule has 0 radical (unpaired) electrons. The molecule has 6 heteroatoms. The Kier molecular flexibility index (Phi) is 3.04. The van der Waals surface area contributed by atoms with Crippen LogP contribution in [0.25, 0.3) is 11.0 Å². The van der Waals surface area contributed by atoms with Crippen LogP contribution < -0.4 is 5.73 Å². The lowest BCUT2D eigenvalue weighted by Gasteiger charge is -2.14. The quantitative estimate of drug-likeness (QED) is 0.786. The van der Waals surface area contributed by atoms with E-state index in [1.165, 1.54) is 0 Å². The second kappa shape index (κ2) is 4.71.